The Morgan fingerprint density at radius 2 is 1.59 bits per heavy atom. The van der Waals surface area contributed by atoms with E-state index < -0.39 is 23.3 Å². The Morgan fingerprint density at radius 1 is 1.06 bits per heavy atom. The van der Waals surface area contributed by atoms with Crippen molar-refractivity contribution in [3.05, 3.63) is 59.7 Å². The van der Waals surface area contributed by atoms with Crippen molar-refractivity contribution in [2.45, 2.75) is 63.7 Å². The van der Waals surface area contributed by atoms with Gasteiger partial charge in [-0.25, -0.2) is 9.59 Å². The number of carbonyl (C=O) groups excluding carboxylic acids is 2. The summed E-state index contributed by atoms with van der Waals surface area (Å²) in [5.74, 6) is -0.0198. The molecule has 182 valence electrons. The van der Waals surface area contributed by atoms with Crippen LogP contribution in [0.5, 0.6) is 0 Å². The van der Waals surface area contributed by atoms with Crippen molar-refractivity contribution < 1.29 is 24.2 Å². The Hall–Kier alpha value is -3.06. The lowest BCUT2D eigenvalue weighted by Crippen LogP contribution is -2.57. The molecule has 0 bridgehead atoms. The first-order valence-electron chi connectivity index (χ1n) is 11.9. The van der Waals surface area contributed by atoms with E-state index in [2.05, 4.69) is 29.6 Å². The molecule has 1 heterocycles. The maximum absolute atomic E-state index is 12.6. The molecule has 1 aliphatic carbocycles. The number of fused-ring (bicyclic) bond motifs is 3. The van der Waals surface area contributed by atoms with Gasteiger partial charge in [0.05, 0.1) is 11.6 Å². The summed E-state index contributed by atoms with van der Waals surface area (Å²) in [6.45, 7) is 8.19. The number of hydrogen-bond donors (Lipinski definition) is 2. The number of piperidine rings is 1. The highest BCUT2D eigenvalue weighted by molar-refractivity contribution is 5.79. The molecule has 2 amide bonds. The highest BCUT2D eigenvalue weighted by Gasteiger charge is 2.40. The number of benzene rings is 2. The summed E-state index contributed by atoms with van der Waals surface area (Å²) in [5, 5.41) is 13.9. The fourth-order valence-corrected chi connectivity index (χ4v) is 4.79. The van der Waals surface area contributed by atoms with Gasteiger partial charge in [0.2, 0.25) is 0 Å². The van der Waals surface area contributed by atoms with Crippen molar-refractivity contribution >= 4 is 12.2 Å². The van der Waals surface area contributed by atoms with Crippen molar-refractivity contribution in [1.29, 1.82) is 0 Å². The van der Waals surface area contributed by atoms with Crippen LogP contribution in [-0.4, -0.2) is 59.1 Å². The maximum Gasteiger partial charge on any atom is 0.410 e. The topological polar surface area (TPSA) is 88.1 Å². The first kappa shape index (κ1) is 24.1. The summed E-state index contributed by atoms with van der Waals surface area (Å²) in [6.07, 6.45) is -0.252. The molecule has 2 aromatic rings. The molecule has 2 aromatic carbocycles. The van der Waals surface area contributed by atoms with Gasteiger partial charge in [-0.1, -0.05) is 48.5 Å². The van der Waals surface area contributed by atoms with Crippen LogP contribution in [0.4, 0.5) is 9.59 Å². The van der Waals surface area contributed by atoms with Crippen LogP contribution in [0.3, 0.4) is 0 Å². The first-order valence-corrected chi connectivity index (χ1v) is 11.9. The van der Waals surface area contributed by atoms with Crippen LogP contribution >= 0.6 is 0 Å². The minimum Gasteiger partial charge on any atom is -0.449 e. The van der Waals surface area contributed by atoms with Crippen LogP contribution < -0.4 is 5.32 Å². The Balaban J connectivity index is 1.31. The van der Waals surface area contributed by atoms with E-state index >= 15 is 0 Å². The quantitative estimate of drug-likeness (QED) is 0.683. The normalized spacial score (nSPS) is 18.0. The van der Waals surface area contributed by atoms with E-state index in [-0.39, 0.29) is 18.6 Å². The zero-order chi connectivity index (χ0) is 24.5. The molecule has 0 saturated carbocycles. The van der Waals surface area contributed by atoms with Crippen LogP contribution in [0.1, 0.15) is 57.6 Å². The average Bonchev–Trinajstić information content (AvgIpc) is 3.11. The van der Waals surface area contributed by atoms with E-state index in [4.69, 9.17) is 9.47 Å². The number of aliphatic hydroxyl groups is 1. The van der Waals surface area contributed by atoms with Gasteiger partial charge in [-0.2, -0.15) is 0 Å². The Labute approximate surface area is 201 Å². The Bertz CT molecular complexity index is 1010. The number of nitrogens with zero attached hydrogens (tertiary/aromatic N) is 1. The smallest absolute Gasteiger partial charge is 0.410 e. The number of alkyl carbamates (subject to hydrolysis) is 1. The van der Waals surface area contributed by atoms with Gasteiger partial charge in [-0.3, -0.25) is 0 Å². The Morgan fingerprint density at radius 3 is 2.12 bits per heavy atom. The van der Waals surface area contributed by atoms with Crippen molar-refractivity contribution in [2.75, 3.05) is 19.7 Å². The number of ether oxygens (including phenoxy) is 2. The summed E-state index contributed by atoms with van der Waals surface area (Å²) < 4.78 is 11.0. The highest BCUT2D eigenvalue weighted by Crippen LogP contribution is 2.44. The lowest BCUT2D eigenvalue weighted by atomic mass is 9.85. The average molecular weight is 467 g/mol. The van der Waals surface area contributed by atoms with Gasteiger partial charge < -0.3 is 24.8 Å². The van der Waals surface area contributed by atoms with E-state index in [1.807, 2.05) is 45.0 Å². The lowest BCUT2D eigenvalue weighted by Gasteiger charge is -2.41. The third kappa shape index (κ3) is 5.04. The van der Waals surface area contributed by atoms with Gasteiger partial charge in [-0.05, 0) is 62.8 Å². The fraction of sp³-hybridized carbons (Fsp3) is 0.481. The molecule has 4 rings (SSSR count). The van der Waals surface area contributed by atoms with Gasteiger partial charge in [0, 0.05) is 19.0 Å². The molecule has 0 spiro atoms. The number of carbonyl (C=O) groups is 2. The Kier molecular flexibility index (Phi) is 6.58. The molecule has 0 radical (unpaired) electrons. The molecule has 1 aliphatic heterocycles. The second-order valence-corrected chi connectivity index (χ2v) is 10.3. The third-order valence-electron chi connectivity index (χ3n) is 6.77. The minimum absolute atomic E-state index is 0.0198. The predicted molar refractivity (Wildman–Crippen MR) is 130 cm³/mol. The molecule has 7 nitrogen and oxygen atoms in total. The van der Waals surface area contributed by atoms with Gasteiger partial charge in [-0.15, -0.1) is 0 Å². The van der Waals surface area contributed by atoms with E-state index in [0.717, 1.165) is 11.1 Å². The summed E-state index contributed by atoms with van der Waals surface area (Å²) in [7, 11) is 0. The van der Waals surface area contributed by atoms with E-state index in [1.165, 1.54) is 11.1 Å². The van der Waals surface area contributed by atoms with Crippen LogP contribution in [0, 0.1) is 0 Å². The highest BCUT2D eigenvalue weighted by atomic mass is 16.6. The number of nitrogens with one attached hydrogen (secondary N) is 1. The molecule has 1 unspecified atom stereocenters. The fourth-order valence-electron chi connectivity index (χ4n) is 4.79. The summed E-state index contributed by atoms with van der Waals surface area (Å²) in [4.78, 5) is 26.5. The van der Waals surface area contributed by atoms with Gasteiger partial charge in [0.1, 0.15) is 12.2 Å². The molecule has 1 atom stereocenters. The molecule has 0 aromatic heterocycles. The van der Waals surface area contributed by atoms with Gasteiger partial charge in [0.25, 0.3) is 0 Å². The van der Waals surface area contributed by atoms with Crippen molar-refractivity contribution in [1.82, 2.24) is 10.2 Å². The maximum atomic E-state index is 12.6. The summed E-state index contributed by atoms with van der Waals surface area (Å²) >= 11 is 0. The molecule has 2 N–H and O–H groups in total. The van der Waals surface area contributed by atoms with E-state index in [0.29, 0.717) is 25.9 Å². The monoisotopic (exact) mass is 466 g/mol. The largest absolute Gasteiger partial charge is 0.449 e. The molecular formula is C27H34N2O5. The van der Waals surface area contributed by atoms with Crippen LogP contribution in [0.2, 0.25) is 0 Å². The van der Waals surface area contributed by atoms with Crippen LogP contribution in [0.25, 0.3) is 11.1 Å². The van der Waals surface area contributed by atoms with Crippen molar-refractivity contribution in [3.8, 4) is 11.1 Å². The van der Waals surface area contributed by atoms with Gasteiger partial charge >= 0.3 is 12.2 Å². The second kappa shape index (κ2) is 9.29. The molecule has 2 aliphatic rings. The third-order valence-corrected chi connectivity index (χ3v) is 6.77. The summed E-state index contributed by atoms with van der Waals surface area (Å²) in [6, 6.07) is 15.8. The lowest BCUT2D eigenvalue weighted by molar-refractivity contribution is -0.0503. The zero-order valence-corrected chi connectivity index (χ0v) is 20.3. The number of likely N-dealkylation sites (tertiary alicyclic amines) is 1. The van der Waals surface area contributed by atoms with E-state index in [9.17, 15) is 14.7 Å². The minimum atomic E-state index is -1.12. The van der Waals surface area contributed by atoms with E-state index in [1.54, 1.807) is 11.8 Å². The standard InChI is InChI=1S/C27H34N2O5/c1-18(27(32)13-15-29(16-14-27)25(31)34-26(2,3)4)28-24(30)33-17-23-21-11-7-5-9-19(21)20-10-6-8-12-22(20)23/h5-12,18,23,32H,13-17H2,1-4H3,(H,28,30). The van der Waals surface area contributed by atoms with Crippen LogP contribution in [-0.2, 0) is 9.47 Å². The number of amides is 2. The van der Waals surface area contributed by atoms with Crippen molar-refractivity contribution in [3.63, 3.8) is 0 Å². The number of hydrogen-bond acceptors (Lipinski definition) is 5. The van der Waals surface area contributed by atoms with Crippen molar-refractivity contribution in [2.24, 2.45) is 0 Å². The van der Waals surface area contributed by atoms with Crippen LogP contribution in [0.15, 0.2) is 48.5 Å². The number of rotatable bonds is 4. The summed E-state index contributed by atoms with van der Waals surface area (Å²) in [5.41, 5.74) is 2.96. The molecular weight excluding hydrogens is 432 g/mol. The molecule has 7 heteroatoms. The zero-order valence-electron chi connectivity index (χ0n) is 20.3. The second-order valence-electron chi connectivity index (χ2n) is 10.3. The SMILES string of the molecule is CC(NC(=O)OCC1c2ccccc2-c2ccccc21)C1(O)CCN(C(=O)OC(C)(C)C)CC1. The van der Waals surface area contributed by atoms with Gasteiger partial charge in [0.15, 0.2) is 0 Å². The first-order chi connectivity index (χ1) is 16.1. The molecule has 1 saturated heterocycles. The predicted octanol–water partition coefficient (Wildman–Crippen LogP) is 4.68. The molecule has 34 heavy (non-hydrogen) atoms. The molecule has 1 fully saturated rings.